The first-order valence-corrected chi connectivity index (χ1v) is 7.61. The molecule has 0 spiro atoms. The van der Waals surface area contributed by atoms with E-state index < -0.39 is 0 Å². The van der Waals surface area contributed by atoms with Gasteiger partial charge in [0, 0.05) is 24.5 Å². The fourth-order valence-corrected chi connectivity index (χ4v) is 3.20. The number of halogens is 1. The summed E-state index contributed by atoms with van der Waals surface area (Å²) in [6.45, 7) is 5.63. The molecule has 2 aromatic rings. The molecule has 120 valence electrons. The Bertz CT molecular complexity index is 699. The van der Waals surface area contributed by atoms with Crippen LogP contribution in [0.25, 0.3) is 11.0 Å². The predicted molar refractivity (Wildman–Crippen MR) is 91.5 cm³/mol. The summed E-state index contributed by atoms with van der Waals surface area (Å²) in [5.74, 6) is 0.576. The smallest absolute Gasteiger partial charge is 0.336 e. The van der Waals surface area contributed by atoms with E-state index in [1.54, 1.807) is 6.07 Å². The highest BCUT2D eigenvalue weighted by molar-refractivity contribution is 5.85. The maximum atomic E-state index is 11.8. The van der Waals surface area contributed by atoms with E-state index >= 15 is 0 Å². The minimum atomic E-state index is -0.268. The first kappa shape index (κ1) is 17.0. The van der Waals surface area contributed by atoms with Crippen molar-refractivity contribution in [2.75, 3.05) is 19.6 Å². The van der Waals surface area contributed by atoms with Gasteiger partial charge < -0.3 is 10.2 Å². The number of piperidine rings is 1. The highest BCUT2D eigenvalue weighted by atomic mass is 35.5. The van der Waals surface area contributed by atoms with Crippen LogP contribution in [0.15, 0.2) is 33.5 Å². The molecule has 1 aliphatic rings. The monoisotopic (exact) mass is 322 g/mol. The van der Waals surface area contributed by atoms with Crippen LogP contribution in [0.4, 0.5) is 0 Å². The fraction of sp³-hybridized carbons (Fsp3) is 0.471. The lowest BCUT2D eigenvalue weighted by atomic mass is 9.97. The number of likely N-dealkylation sites (tertiary alicyclic amines) is 1. The van der Waals surface area contributed by atoms with E-state index in [0.717, 1.165) is 42.7 Å². The summed E-state index contributed by atoms with van der Waals surface area (Å²) in [7, 11) is 0. The zero-order valence-electron chi connectivity index (χ0n) is 12.9. The molecule has 0 aliphatic carbocycles. The molecule has 5 heteroatoms. The van der Waals surface area contributed by atoms with Gasteiger partial charge >= 0.3 is 5.63 Å². The third kappa shape index (κ3) is 3.69. The molecule has 1 aromatic heterocycles. The summed E-state index contributed by atoms with van der Waals surface area (Å²) in [5, 5.41) is 1.04. The molecule has 0 bridgehead atoms. The third-order valence-corrected chi connectivity index (χ3v) is 4.32. The molecule has 1 unspecified atom stereocenters. The average Bonchev–Trinajstić information content (AvgIpc) is 2.46. The second kappa shape index (κ2) is 7.27. The van der Waals surface area contributed by atoms with Crippen LogP contribution in [-0.2, 0) is 6.54 Å². The van der Waals surface area contributed by atoms with Crippen LogP contribution in [-0.4, -0.2) is 24.5 Å². The number of fused-ring (bicyclic) bond motifs is 1. The Kier molecular flexibility index (Phi) is 5.62. The van der Waals surface area contributed by atoms with Gasteiger partial charge in [0.25, 0.3) is 0 Å². The maximum Gasteiger partial charge on any atom is 0.336 e. The average molecular weight is 323 g/mol. The molecular formula is C17H23ClN2O2. The minimum Gasteiger partial charge on any atom is -0.423 e. The highest BCUT2D eigenvalue weighted by Gasteiger charge is 2.19. The van der Waals surface area contributed by atoms with Crippen LogP contribution in [0.5, 0.6) is 0 Å². The Balaban J connectivity index is 0.00000176. The molecular weight excluding hydrogens is 300 g/mol. The van der Waals surface area contributed by atoms with E-state index in [9.17, 15) is 4.79 Å². The molecule has 1 saturated heterocycles. The second-order valence-corrected chi connectivity index (χ2v) is 6.07. The summed E-state index contributed by atoms with van der Waals surface area (Å²) >= 11 is 0. The molecule has 0 saturated carbocycles. The maximum absolute atomic E-state index is 11.8. The van der Waals surface area contributed by atoms with E-state index in [0.29, 0.717) is 11.5 Å². The van der Waals surface area contributed by atoms with Crippen molar-refractivity contribution in [2.45, 2.75) is 26.3 Å². The van der Waals surface area contributed by atoms with Crippen LogP contribution in [0.2, 0.25) is 0 Å². The molecule has 1 aliphatic heterocycles. The summed E-state index contributed by atoms with van der Waals surface area (Å²) in [6.07, 6.45) is 2.39. The van der Waals surface area contributed by atoms with Gasteiger partial charge in [-0.05, 0) is 56.0 Å². The van der Waals surface area contributed by atoms with Crippen LogP contribution in [0.1, 0.15) is 24.0 Å². The van der Waals surface area contributed by atoms with Gasteiger partial charge in [0.2, 0.25) is 0 Å². The molecule has 22 heavy (non-hydrogen) atoms. The normalized spacial score (nSPS) is 19.1. The van der Waals surface area contributed by atoms with Gasteiger partial charge in [-0.3, -0.25) is 4.90 Å². The predicted octanol–water partition coefficient (Wildman–Crippen LogP) is 2.69. The van der Waals surface area contributed by atoms with Gasteiger partial charge in [-0.1, -0.05) is 12.1 Å². The lowest BCUT2D eigenvalue weighted by Gasteiger charge is -2.32. The van der Waals surface area contributed by atoms with Crippen LogP contribution >= 0.6 is 12.4 Å². The number of nitrogens with two attached hydrogens (primary N) is 1. The SMILES string of the molecule is Cc1ccc2c(CN3CCCC(CN)C3)cc(=O)oc2c1.Cl. The Hall–Kier alpha value is -1.36. The van der Waals surface area contributed by atoms with E-state index in [-0.39, 0.29) is 18.0 Å². The molecule has 4 nitrogen and oxygen atoms in total. The fourth-order valence-electron chi connectivity index (χ4n) is 3.20. The third-order valence-electron chi connectivity index (χ3n) is 4.32. The number of aryl methyl sites for hydroxylation is 1. The number of hydrogen-bond acceptors (Lipinski definition) is 4. The zero-order valence-corrected chi connectivity index (χ0v) is 13.7. The Morgan fingerprint density at radius 3 is 2.95 bits per heavy atom. The number of rotatable bonds is 3. The van der Waals surface area contributed by atoms with E-state index in [1.807, 2.05) is 19.1 Å². The van der Waals surface area contributed by atoms with Crippen molar-refractivity contribution >= 4 is 23.4 Å². The quantitative estimate of drug-likeness (QED) is 0.883. The van der Waals surface area contributed by atoms with Crippen LogP contribution in [0.3, 0.4) is 0 Å². The lowest BCUT2D eigenvalue weighted by Crippen LogP contribution is -2.38. The van der Waals surface area contributed by atoms with Crippen molar-refractivity contribution < 1.29 is 4.42 Å². The molecule has 0 amide bonds. The molecule has 1 atom stereocenters. The minimum absolute atomic E-state index is 0. The zero-order chi connectivity index (χ0) is 14.8. The molecule has 3 rings (SSSR count). The molecule has 2 N–H and O–H groups in total. The first-order chi connectivity index (χ1) is 10.2. The van der Waals surface area contributed by atoms with Crippen molar-refractivity contribution in [2.24, 2.45) is 11.7 Å². The summed E-state index contributed by atoms with van der Waals surface area (Å²) in [5.41, 5.74) is 8.37. The summed E-state index contributed by atoms with van der Waals surface area (Å²) < 4.78 is 5.32. The topological polar surface area (TPSA) is 59.5 Å². The van der Waals surface area contributed by atoms with Gasteiger partial charge in [-0.2, -0.15) is 0 Å². The molecule has 1 aromatic carbocycles. The van der Waals surface area contributed by atoms with Crippen molar-refractivity contribution in [1.82, 2.24) is 4.90 Å². The van der Waals surface area contributed by atoms with Gasteiger partial charge in [0.15, 0.2) is 0 Å². The Morgan fingerprint density at radius 1 is 1.36 bits per heavy atom. The van der Waals surface area contributed by atoms with Gasteiger partial charge in [-0.15, -0.1) is 12.4 Å². The van der Waals surface area contributed by atoms with Gasteiger partial charge in [-0.25, -0.2) is 4.79 Å². The van der Waals surface area contributed by atoms with E-state index in [1.165, 1.54) is 12.8 Å². The second-order valence-electron chi connectivity index (χ2n) is 6.07. The summed E-state index contributed by atoms with van der Waals surface area (Å²) in [6, 6.07) is 7.67. The van der Waals surface area contributed by atoms with Crippen LogP contribution in [0, 0.1) is 12.8 Å². The lowest BCUT2D eigenvalue weighted by molar-refractivity contribution is 0.171. The van der Waals surface area contributed by atoms with Crippen molar-refractivity contribution in [3.05, 3.63) is 45.8 Å². The van der Waals surface area contributed by atoms with Gasteiger partial charge in [0.1, 0.15) is 5.58 Å². The van der Waals surface area contributed by atoms with Crippen molar-refractivity contribution in [3.63, 3.8) is 0 Å². The van der Waals surface area contributed by atoms with E-state index in [2.05, 4.69) is 11.0 Å². The molecule has 0 radical (unpaired) electrons. The van der Waals surface area contributed by atoms with Crippen LogP contribution < -0.4 is 11.4 Å². The Labute approximate surface area is 136 Å². The Morgan fingerprint density at radius 2 is 2.18 bits per heavy atom. The van der Waals surface area contributed by atoms with Gasteiger partial charge in [0.05, 0.1) is 0 Å². The standard InChI is InChI=1S/C17H22N2O2.ClH/c1-12-4-5-15-14(8-17(20)21-16(15)7-12)11-19-6-2-3-13(9-18)10-19;/h4-5,7-8,13H,2-3,6,9-11,18H2,1H3;1H. The first-order valence-electron chi connectivity index (χ1n) is 7.61. The summed E-state index contributed by atoms with van der Waals surface area (Å²) in [4.78, 5) is 14.2. The van der Waals surface area contributed by atoms with Crippen molar-refractivity contribution in [3.8, 4) is 0 Å². The highest BCUT2D eigenvalue weighted by Crippen LogP contribution is 2.22. The largest absolute Gasteiger partial charge is 0.423 e. The molecule has 1 fully saturated rings. The number of nitrogens with zero attached hydrogens (tertiary/aromatic N) is 1. The number of hydrogen-bond donors (Lipinski definition) is 1. The number of benzene rings is 1. The van der Waals surface area contributed by atoms with E-state index in [4.69, 9.17) is 10.2 Å². The van der Waals surface area contributed by atoms with Crippen molar-refractivity contribution in [1.29, 1.82) is 0 Å². The molecule has 2 heterocycles.